The minimum absolute atomic E-state index is 0.0173. The van der Waals surface area contributed by atoms with Gasteiger partial charge in [-0.3, -0.25) is 9.59 Å². The van der Waals surface area contributed by atoms with Crippen LogP contribution in [0.25, 0.3) is 0 Å². The number of rotatable bonds is 2. The van der Waals surface area contributed by atoms with E-state index >= 15 is 0 Å². The van der Waals surface area contributed by atoms with Crippen LogP contribution in [-0.2, 0) is 14.3 Å². The van der Waals surface area contributed by atoms with Gasteiger partial charge in [0.15, 0.2) is 0 Å². The minimum Gasteiger partial charge on any atom is -0.481 e. The normalized spacial score (nSPS) is 39.0. The average molecular weight is 253 g/mol. The zero-order valence-electron chi connectivity index (χ0n) is 10.4. The molecule has 3 saturated heterocycles. The summed E-state index contributed by atoms with van der Waals surface area (Å²) in [5.74, 6) is -1.07. The summed E-state index contributed by atoms with van der Waals surface area (Å²) in [5.41, 5.74) is 0. The highest BCUT2D eigenvalue weighted by Crippen LogP contribution is 2.40. The lowest BCUT2D eigenvalue weighted by Gasteiger charge is -2.33. The molecule has 0 saturated carbocycles. The van der Waals surface area contributed by atoms with Crippen LogP contribution in [0.2, 0.25) is 0 Å². The maximum atomic E-state index is 12.4. The van der Waals surface area contributed by atoms with E-state index in [4.69, 9.17) is 9.84 Å². The van der Waals surface area contributed by atoms with Gasteiger partial charge in [0.25, 0.3) is 0 Å². The molecule has 0 radical (unpaired) electrons. The van der Waals surface area contributed by atoms with E-state index in [0.717, 1.165) is 25.7 Å². The van der Waals surface area contributed by atoms with Crippen LogP contribution in [-0.4, -0.2) is 47.2 Å². The van der Waals surface area contributed by atoms with Crippen LogP contribution in [0.4, 0.5) is 0 Å². The molecular weight excluding hydrogens is 234 g/mol. The molecule has 0 aromatic heterocycles. The van der Waals surface area contributed by atoms with Crippen LogP contribution >= 0.6 is 0 Å². The van der Waals surface area contributed by atoms with E-state index < -0.39 is 5.97 Å². The Morgan fingerprint density at radius 3 is 2.67 bits per heavy atom. The molecule has 100 valence electrons. The molecule has 3 fully saturated rings. The number of nitrogens with zero attached hydrogens (tertiary/aromatic N) is 1. The highest BCUT2D eigenvalue weighted by molar-refractivity contribution is 5.81. The summed E-state index contributed by atoms with van der Waals surface area (Å²) in [6.07, 6.45) is 4.73. The van der Waals surface area contributed by atoms with Crippen molar-refractivity contribution in [3.05, 3.63) is 0 Å². The second kappa shape index (κ2) is 4.53. The van der Waals surface area contributed by atoms with E-state index in [1.165, 1.54) is 0 Å². The first-order valence-electron chi connectivity index (χ1n) is 6.82. The van der Waals surface area contributed by atoms with Gasteiger partial charge in [0.05, 0.1) is 24.0 Å². The van der Waals surface area contributed by atoms with Gasteiger partial charge >= 0.3 is 5.97 Å². The van der Waals surface area contributed by atoms with Gasteiger partial charge in [-0.1, -0.05) is 0 Å². The zero-order valence-corrected chi connectivity index (χ0v) is 10.4. The lowest BCUT2D eigenvalue weighted by Crippen LogP contribution is -2.46. The fourth-order valence-electron chi connectivity index (χ4n) is 3.51. The largest absolute Gasteiger partial charge is 0.481 e. The Balaban J connectivity index is 1.64. The van der Waals surface area contributed by atoms with Crippen molar-refractivity contribution in [2.24, 2.45) is 11.8 Å². The standard InChI is InChI=1S/C13H19NO4/c15-12(10-6-9-3-4-11(10)18-9)14-5-1-2-8(7-14)13(16)17/h8-11H,1-7H2,(H,16,17)/t8-,9-,10+,11-/m1/s1. The molecule has 0 spiro atoms. The summed E-state index contributed by atoms with van der Waals surface area (Å²) < 4.78 is 5.71. The molecule has 1 N–H and O–H groups in total. The van der Waals surface area contributed by atoms with Gasteiger partial charge in [-0.05, 0) is 32.1 Å². The predicted molar refractivity (Wildman–Crippen MR) is 62.9 cm³/mol. The molecule has 0 unspecified atom stereocenters. The van der Waals surface area contributed by atoms with Crippen molar-refractivity contribution in [3.8, 4) is 0 Å². The Morgan fingerprint density at radius 1 is 1.22 bits per heavy atom. The monoisotopic (exact) mass is 253 g/mol. The van der Waals surface area contributed by atoms with E-state index in [0.29, 0.717) is 19.5 Å². The Bertz CT molecular complexity index is 370. The molecule has 1 amide bonds. The van der Waals surface area contributed by atoms with Crippen LogP contribution < -0.4 is 0 Å². The number of piperidine rings is 1. The van der Waals surface area contributed by atoms with Crippen molar-refractivity contribution in [2.75, 3.05) is 13.1 Å². The molecule has 0 aromatic rings. The molecular formula is C13H19NO4. The van der Waals surface area contributed by atoms with Crippen LogP contribution in [0.5, 0.6) is 0 Å². The third kappa shape index (κ3) is 2.00. The SMILES string of the molecule is O=C(O)[C@@H]1CCCN(C(=O)[C@H]2C[C@H]3CC[C@H]2O3)C1. The second-order valence-corrected chi connectivity index (χ2v) is 5.68. The number of carbonyl (C=O) groups excluding carboxylic acids is 1. The lowest BCUT2D eigenvalue weighted by molar-refractivity contribution is -0.147. The van der Waals surface area contributed by atoms with Crippen LogP contribution in [0, 0.1) is 11.8 Å². The maximum Gasteiger partial charge on any atom is 0.308 e. The fraction of sp³-hybridized carbons (Fsp3) is 0.846. The minimum atomic E-state index is -0.781. The number of hydrogen-bond donors (Lipinski definition) is 1. The third-order valence-electron chi connectivity index (χ3n) is 4.51. The van der Waals surface area contributed by atoms with Gasteiger partial charge < -0.3 is 14.7 Å². The van der Waals surface area contributed by atoms with Crippen molar-refractivity contribution >= 4 is 11.9 Å². The number of ether oxygens (including phenoxy) is 1. The second-order valence-electron chi connectivity index (χ2n) is 5.68. The number of likely N-dealkylation sites (tertiary alicyclic amines) is 1. The fourth-order valence-corrected chi connectivity index (χ4v) is 3.51. The first-order valence-corrected chi connectivity index (χ1v) is 6.82. The number of aliphatic carboxylic acids is 1. The Morgan fingerprint density at radius 2 is 2.06 bits per heavy atom. The first-order chi connectivity index (χ1) is 8.65. The molecule has 3 aliphatic rings. The molecule has 3 heterocycles. The molecule has 0 aliphatic carbocycles. The third-order valence-corrected chi connectivity index (χ3v) is 4.51. The summed E-state index contributed by atoms with van der Waals surface area (Å²) >= 11 is 0. The van der Waals surface area contributed by atoms with Gasteiger partial charge in [0.2, 0.25) is 5.91 Å². The Kier molecular flexibility index (Phi) is 3.01. The van der Waals surface area contributed by atoms with E-state index in [2.05, 4.69) is 0 Å². The highest BCUT2D eigenvalue weighted by atomic mass is 16.5. The molecule has 5 nitrogen and oxygen atoms in total. The first kappa shape index (κ1) is 12.0. The summed E-state index contributed by atoms with van der Waals surface area (Å²) in [4.78, 5) is 25.2. The number of carbonyl (C=O) groups is 2. The number of fused-ring (bicyclic) bond motifs is 2. The maximum absolute atomic E-state index is 12.4. The van der Waals surface area contributed by atoms with Gasteiger partial charge in [0.1, 0.15) is 0 Å². The van der Waals surface area contributed by atoms with E-state index in [1.54, 1.807) is 4.90 Å². The molecule has 2 bridgehead atoms. The predicted octanol–water partition coefficient (Wildman–Crippen LogP) is 0.877. The van der Waals surface area contributed by atoms with Crippen molar-refractivity contribution in [1.82, 2.24) is 4.90 Å². The lowest BCUT2D eigenvalue weighted by atomic mass is 9.87. The molecule has 5 heteroatoms. The molecule has 0 aromatic carbocycles. The van der Waals surface area contributed by atoms with Crippen molar-refractivity contribution in [2.45, 2.75) is 44.3 Å². The van der Waals surface area contributed by atoms with E-state index in [-0.39, 0.29) is 30.0 Å². The molecule has 18 heavy (non-hydrogen) atoms. The summed E-state index contributed by atoms with van der Waals surface area (Å²) in [5, 5.41) is 9.05. The van der Waals surface area contributed by atoms with E-state index in [9.17, 15) is 9.59 Å². The average Bonchev–Trinajstić information content (AvgIpc) is 3.00. The van der Waals surface area contributed by atoms with Crippen LogP contribution in [0.1, 0.15) is 32.1 Å². The molecule has 3 aliphatic heterocycles. The topological polar surface area (TPSA) is 66.8 Å². The van der Waals surface area contributed by atoms with Gasteiger partial charge in [0, 0.05) is 13.1 Å². The van der Waals surface area contributed by atoms with E-state index in [1.807, 2.05) is 0 Å². The van der Waals surface area contributed by atoms with Crippen LogP contribution in [0.15, 0.2) is 0 Å². The number of amides is 1. The van der Waals surface area contributed by atoms with Crippen molar-refractivity contribution in [1.29, 1.82) is 0 Å². The Hall–Kier alpha value is -1.10. The summed E-state index contributed by atoms with van der Waals surface area (Å²) in [6.45, 7) is 1.08. The number of hydrogen-bond acceptors (Lipinski definition) is 3. The van der Waals surface area contributed by atoms with Gasteiger partial charge in [-0.25, -0.2) is 0 Å². The quantitative estimate of drug-likeness (QED) is 0.793. The van der Waals surface area contributed by atoms with Gasteiger partial charge in [-0.2, -0.15) is 0 Å². The smallest absolute Gasteiger partial charge is 0.308 e. The zero-order chi connectivity index (χ0) is 12.7. The van der Waals surface area contributed by atoms with Crippen LogP contribution in [0.3, 0.4) is 0 Å². The van der Waals surface area contributed by atoms with Crippen molar-refractivity contribution < 1.29 is 19.4 Å². The summed E-state index contributed by atoms with van der Waals surface area (Å²) in [7, 11) is 0. The highest BCUT2D eigenvalue weighted by Gasteiger charge is 2.46. The van der Waals surface area contributed by atoms with Gasteiger partial charge in [-0.15, -0.1) is 0 Å². The molecule has 4 atom stereocenters. The summed E-state index contributed by atoms with van der Waals surface area (Å²) in [6, 6.07) is 0. The van der Waals surface area contributed by atoms with Crippen molar-refractivity contribution in [3.63, 3.8) is 0 Å². The Labute approximate surface area is 106 Å². The number of carboxylic acids is 1. The number of carboxylic acid groups (broad SMARTS) is 1. The molecule has 3 rings (SSSR count).